The molecule has 1 aliphatic heterocycles. The Bertz CT molecular complexity index is 314. The molecule has 13 heavy (non-hydrogen) atoms. The van der Waals surface area contributed by atoms with Crippen LogP contribution in [0.3, 0.4) is 0 Å². The van der Waals surface area contributed by atoms with E-state index in [0.29, 0.717) is 5.56 Å². The van der Waals surface area contributed by atoms with Crippen molar-refractivity contribution >= 4 is 5.78 Å². The van der Waals surface area contributed by atoms with Gasteiger partial charge in [0.05, 0.1) is 0 Å². The molecule has 0 unspecified atom stereocenters. The highest BCUT2D eigenvalue weighted by Crippen LogP contribution is 2.15. The average Bonchev–Trinajstić information content (AvgIpc) is 2.02. The van der Waals surface area contributed by atoms with Gasteiger partial charge in [-0.25, -0.2) is 0 Å². The number of nitrogens with one attached hydrogen (secondary N) is 1. The van der Waals surface area contributed by atoms with Gasteiger partial charge in [-0.3, -0.25) is 4.79 Å². The molecule has 0 spiro atoms. The molecule has 3 heteroatoms. The van der Waals surface area contributed by atoms with Gasteiger partial charge in [-0.2, -0.15) is 0 Å². The first-order valence-corrected chi connectivity index (χ1v) is 4.31. The number of benzene rings is 1. The molecule has 1 heterocycles. The number of carbonyl (C=O) groups excluding carboxylic acids is 1. The van der Waals surface area contributed by atoms with Gasteiger partial charge in [-0.15, -0.1) is 0 Å². The summed E-state index contributed by atoms with van der Waals surface area (Å²) in [7, 11) is 0. The van der Waals surface area contributed by atoms with E-state index < -0.39 is 0 Å². The molecule has 0 aliphatic carbocycles. The molecule has 1 fully saturated rings. The molecule has 2 N–H and O–H groups in total. The van der Waals surface area contributed by atoms with E-state index in [0.717, 1.165) is 13.1 Å². The summed E-state index contributed by atoms with van der Waals surface area (Å²) in [5.74, 6) is 0.492. The topological polar surface area (TPSA) is 49.3 Å². The maximum absolute atomic E-state index is 11.6. The molecule has 1 aliphatic rings. The highest BCUT2D eigenvalue weighted by Gasteiger charge is 2.25. The van der Waals surface area contributed by atoms with Crippen LogP contribution in [-0.2, 0) is 0 Å². The Morgan fingerprint density at radius 2 is 1.92 bits per heavy atom. The van der Waals surface area contributed by atoms with Gasteiger partial charge < -0.3 is 10.4 Å². The molecular formula is C10H11NO2. The lowest BCUT2D eigenvalue weighted by molar-refractivity contribution is 0.0878. The van der Waals surface area contributed by atoms with E-state index in [1.165, 1.54) is 0 Å². The average molecular weight is 177 g/mol. The fraction of sp³-hybridized carbons (Fsp3) is 0.300. The molecule has 0 radical (unpaired) electrons. The minimum Gasteiger partial charge on any atom is -0.508 e. The number of Topliss-reactive ketones (excluding diaryl/α,β-unsaturated/α-hetero) is 1. The SMILES string of the molecule is O=C(c1ccc(O)cc1)C1CNC1. The fourth-order valence-electron chi connectivity index (χ4n) is 1.34. The maximum Gasteiger partial charge on any atom is 0.168 e. The lowest BCUT2D eigenvalue weighted by Gasteiger charge is -2.25. The highest BCUT2D eigenvalue weighted by atomic mass is 16.3. The zero-order chi connectivity index (χ0) is 9.26. The van der Waals surface area contributed by atoms with Crippen molar-refractivity contribution in [3.63, 3.8) is 0 Å². The number of phenols is 1. The first-order valence-electron chi connectivity index (χ1n) is 4.31. The van der Waals surface area contributed by atoms with Crippen molar-refractivity contribution in [1.82, 2.24) is 5.32 Å². The summed E-state index contributed by atoms with van der Waals surface area (Å²) in [6.07, 6.45) is 0. The summed E-state index contributed by atoms with van der Waals surface area (Å²) >= 11 is 0. The van der Waals surface area contributed by atoms with Gasteiger partial charge in [0.25, 0.3) is 0 Å². The summed E-state index contributed by atoms with van der Waals surface area (Å²) in [6.45, 7) is 1.55. The molecule has 3 nitrogen and oxygen atoms in total. The molecule has 0 bridgehead atoms. The number of hydrogen-bond acceptors (Lipinski definition) is 3. The van der Waals surface area contributed by atoms with Gasteiger partial charge in [0.1, 0.15) is 5.75 Å². The minimum absolute atomic E-state index is 0.129. The van der Waals surface area contributed by atoms with Gasteiger partial charge in [0, 0.05) is 24.6 Å². The lowest BCUT2D eigenvalue weighted by Crippen LogP contribution is -2.46. The highest BCUT2D eigenvalue weighted by molar-refractivity contribution is 5.98. The second-order valence-electron chi connectivity index (χ2n) is 3.27. The maximum atomic E-state index is 11.6. The predicted octanol–water partition coefficient (Wildman–Crippen LogP) is 0.794. The lowest BCUT2D eigenvalue weighted by atomic mass is 9.93. The third-order valence-corrected chi connectivity index (χ3v) is 2.30. The van der Waals surface area contributed by atoms with Crippen molar-refractivity contribution < 1.29 is 9.90 Å². The van der Waals surface area contributed by atoms with Gasteiger partial charge in [-0.1, -0.05) is 0 Å². The molecule has 0 amide bonds. The van der Waals surface area contributed by atoms with Crippen molar-refractivity contribution in [2.45, 2.75) is 0 Å². The van der Waals surface area contributed by atoms with Crippen molar-refractivity contribution in [3.05, 3.63) is 29.8 Å². The van der Waals surface area contributed by atoms with Gasteiger partial charge in [-0.05, 0) is 24.3 Å². The first-order chi connectivity index (χ1) is 6.27. The van der Waals surface area contributed by atoms with E-state index in [1.54, 1.807) is 24.3 Å². The van der Waals surface area contributed by atoms with Crippen molar-refractivity contribution in [2.75, 3.05) is 13.1 Å². The van der Waals surface area contributed by atoms with E-state index in [1.807, 2.05) is 0 Å². The second kappa shape index (κ2) is 3.18. The number of rotatable bonds is 2. The van der Waals surface area contributed by atoms with Crippen LogP contribution < -0.4 is 5.32 Å². The molecule has 2 rings (SSSR count). The standard InChI is InChI=1S/C10H11NO2/c12-9-3-1-7(2-4-9)10(13)8-5-11-6-8/h1-4,8,11-12H,5-6H2. The van der Waals surface area contributed by atoms with E-state index in [9.17, 15) is 4.79 Å². The Kier molecular flexibility index (Phi) is 2.02. The van der Waals surface area contributed by atoms with Crippen LogP contribution in [0.15, 0.2) is 24.3 Å². The summed E-state index contributed by atoms with van der Waals surface area (Å²) in [5, 5.41) is 12.1. The molecule has 0 atom stereocenters. The third-order valence-electron chi connectivity index (χ3n) is 2.30. The second-order valence-corrected chi connectivity index (χ2v) is 3.27. The van der Waals surface area contributed by atoms with E-state index in [4.69, 9.17) is 5.11 Å². The molecule has 0 aromatic heterocycles. The molecular weight excluding hydrogens is 166 g/mol. The summed E-state index contributed by atoms with van der Waals surface area (Å²) < 4.78 is 0. The number of phenolic OH excluding ortho intramolecular Hbond substituents is 1. The smallest absolute Gasteiger partial charge is 0.168 e. The van der Waals surface area contributed by atoms with Crippen molar-refractivity contribution in [2.24, 2.45) is 5.92 Å². The largest absolute Gasteiger partial charge is 0.508 e. The van der Waals surface area contributed by atoms with Crippen molar-refractivity contribution in [3.8, 4) is 5.75 Å². The minimum atomic E-state index is 0.129. The van der Waals surface area contributed by atoms with Crippen LogP contribution in [-0.4, -0.2) is 24.0 Å². The Morgan fingerprint density at radius 3 is 2.38 bits per heavy atom. The Morgan fingerprint density at radius 1 is 1.31 bits per heavy atom. The summed E-state index contributed by atoms with van der Waals surface area (Å²) in [4.78, 5) is 11.6. The molecule has 0 saturated carbocycles. The quantitative estimate of drug-likeness (QED) is 0.657. The van der Waals surface area contributed by atoms with Crippen LogP contribution in [0.1, 0.15) is 10.4 Å². The Labute approximate surface area is 76.4 Å². The predicted molar refractivity (Wildman–Crippen MR) is 48.8 cm³/mol. The van der Waals surface area contributed by atoms with E-state index in [-0.39, 0.29) is 17.5 Å². The van der Waals surface area contributed by atoms with Crippen molar-refractivity contribution in [1.29, 1.82) is 0 Å². The molecule has 68 valence electrons. The normalized spacial score (nSPS) is 16.6. The summed E-state index contributed by atoms with van der Waals surface area (Å²) in [5.41, 5.74) is 0.685. The first kappa shape index (κ1) is 8.26. The van der Waals surface area contributed by atoms with Crippen LogP contribution in [0.5, 0.6) is 5.75 Å². The third kappa shape index (κ3) is 1.55. The zero-order valence-electron chi connectivity index (χ0n) is 7.16. The van der Waals surface area contributed by atoms with E-state index >= 15 is 0 Å². The summed E-state index contributed by atoms with van der Waals surface area (Å²) in [6, 6.07) is 6.41. The zero-order valence-corrected chi connectivity index (χ0v) is 7.16. The van der Waals surface area contributed by atoms with Crippen LogP contribution >= 0.6 is 0 Å². The van der Waals surface area contributed by atoms with E-state index in [2.05, 4.69) is 5.32 Å². The van der Waals surface area contributed by atoms with Gasteiger partial charge in [0.15, 0.2) is 5.78 Å². The van der Waals surface area contributed by atoms with Gasteiger partial charge in [0.2, 0.25) is 0 Å². The van der Waals surface area contributed by atoms with Crippen LogP contribution in [0, 0.1) is 5.92 Å². The molecule has 1 aromatic carbocycles. The molecule has 1 aromatic rings. The monoisotopic (exact) mass is 177 g/mol. The Hall–Kier alpha value is -1.35. The number of ketones is 1. The molecule has 1 saturated heterocycles. The van der Waals surface area contributed by atoms with Crippen LogP contribution in [0.4, 0.5) is 0 Å². The fourth-order valence-corrected chi connectivity index (χ4v) is 1.34. The number of carbonyl (C=O) groups is 1. The Balaban J connectivity index is 2.15. The number of hydrogen-bond donors (Lipinski definition) is 2. The van der Waals surface area contributed by atoms with Crippen LogP contribution in [0.2, 0.25) is 0 Å². The number of aromatic hydroxyl groups is 1. The van der Waals surface area contributed by atoms with Gasteiger partial charge >= 0.3 is 0 Å². The van der Waals surface area contributed by atoms with Crippen LogP contribution in [0.25, 0.3) is 0 Å².